The van der Waals surface area contributed by atoms with Crippen LogP contribution in [0.3, 0.4) is 0 Å². The molecule has 0 radical (unpaired) electrons. The van der Waals surface area contributed by atoms with E-state index >= 15 is 0 Å². The molecule has 1 atom stereocenters. The molecule has 1 saturated heterocycles. The summed E-state index contributed by atoms with van der Waals surface area (Å²) in [6.45, 7) is 3.23. The van der Waals surface area contributed by atoms with Crippen molar-refractivity contribution in [2.75, 3.05) is 18.8 Å². The number of benzene rings is 1. The largest absolute Gasteiger partial charge is 0.214 e. The van der Waals surface area contributed by atoms with Crippen molar-refractivity contribution in [2.24, 2.45) is 5.92 Å². The highest BCUT2D eigenvalue weighted by Crippen LogP contribution is 2.23. The van der Waals surface area contributed by atoms with E-state index in [0.29, 0.717) is 24.8 Å². The first kappa shape index (κ1) is 13.6. The van der Waals surface area contributed by atoms with Gasteiger partial charge in [-0.25, -0.2) is 12.7 Å². The maximum absolute atomic E-state index is 11.8. The summed E-state index contributed by atoms with van der Waals surface area (Å²) >= 11 is 0. The van der Waals surface area contributed by atoms with Crippen LogP contribution in [-0.4, -0.2) is 31.6 Å². The quantitative estimate of drug-likeness (QED) is 0.821. The molecule has 4 heteroatoms. The van der Waals surface area contributed by atoms with Gasteiger partial charge < -0.3 is 0 Å². The molecule has 1 aromatic carbocycles. The number of hydrogen-bond acceptors (Lipinski definition) is 2. The molecule has 0 aromatic heterocycles. The molecule has 0 spiro atoms. The van der Waals surface area contributed by atoms with Crippen LogP contribution in [0.5, 0.6) is 0 Å². The van der Waals surface area contributed by atoms with Crippen molar-refractivity contribution in [3.8, 4) is 0 Å². The fourth-order valence-electron chi connectivity index (χ4n) is 2.60. The molecule has 100 valence electrons. The van der Waals surface area contributed by atoms with E-state index in [1.165, 1.54) is 5.56 Å². The zero-order valence-electron chi connectivity index (χ0n) is 10.9. The third-order valence-electron chi connectivity index (χ3n) is 3.57. The van der Waals surface area contributed by atoms with Gasteiger partial charge in [0.25, 0.3) is 0 Å². The maximum atomic E-state index is 11.8. The highest BCUT2D eigenvalue weighted by Gasteiger charge is 2.34. The highest BCUT2D eigenvalue weighted by atomic mass is 32.2. The summed E-state index contributed by atoms with van der Waals surface area (Å²) in [5.41, 5.74) is 1.34. The minimum absolute atomic E-state index is 0.318. The Kier molecular flexibility index (Phi) is 4.40. The van der Waals surface area contributed by atoms with Crippen LogP contribution in [0, 0.1) is 5.92 Å². The Morgan fingerprint density at radius 3 is 2.61 bits per heavy atom. The standard InChI is InChI=1S/C14H21NO2S/c1-2-15-11-14(12-18(15,16)17)10-6-9-13-7-4-3-5-8-13/h3-5,7-8,14H,2,6,9-12H2,1H3. The van der Waals surface area contributed by atoms with Gasteiger partial charge in [-0.3, -0.25) is 0 Å². The van der Waals surface area contributed by atoms with Crippen molar-refractivity contribution in [1.82, 2.24) is 4.31 Å². The van der Waals surface area contributed by atoms with Crippen molar-refractivity contribution < 1.29 is 8.42 Å². The lowest BCUT2D eigenvalue weighted by molar-refractivity contribution is 0.401. The zero-order chi connectivity index (χ0) is 13.0. The lowest BCUT2D eigenvalue weighted by Gasteiger charge is -2.11. The van der Waals surface area contributed by atoms with E-state index in [0.717, 1.165) is 19.3 Å². The summed E-state index contributed by atoms with van der Waals surface area (Å²) < 4.78 is 25.1. The third kappa shape index (κ3) is 3.33. The molecule has 1 fully saturated rings. The second-order valence-corrected chi connectivity index (χ2v) is 6.99. The van der Waals surface area contributed by atoms with Gasteiger partial charge in [0.15, 0.2) is 0 Å². The minimum Gasteiger partial charge on any atom is -0.212 e. The first-order chi connectivity index (χ1) is 8.62. The topological polar surface area (TPSA) is 37.4 Å². The van der Waals surface area contributed by atoms with Crippen molar-refractivity contribution >= 4 is 10.0 Å². The van der Waals surface area contributed by atoms with Gasteiger partial charge in [0.2, 0.25) is 10.0 Å². The number of aryl methyl sites for hydroxylation is 1. The summed E-state index contributed by atoms with van der Waals surface area (Å²) in [6, 6.07) is 10.4. The van der Waals surface area contributed by atoms with E-state index in [4.69, 9.17) is 0 Å². The van der Waals surface area contributed by atoms with E-state index in [2.05, 4.69) is 12.1 Å². The molecular formula is C14H21NO2S. The average Bonchev–Trinajstić information content (AvgIpc) is 2.65. The molecule has 3 nitrogen and oxygen atoms in total. The van der Waals surface area contributed by atoms with Gasteiger partial charge in [0, 0.05) is 13.1 Å². The summed E-state index contributed by atoms with van der Waals surface area (Å²) in [4.78, 5) is 0. The van der Waals surface area contributed by atoms with Crippen LogP contribution >= 0.6 is 0 Å². The van der Waals surface area contributed by atoms with Gasteiger partial charge in [-0.2, -0.15) is 0 Å². The molecule has 2 rings (SSSR count). The van der Waals surface area contributed by atoms with Crippen molar-refractivity contribution in [2.45, 2.75) is 26.2 Å². The van der Waals surface area contributed by atoms with Crippen LogP contribution in [-0.2, 0) is 16.4 Å². The van der Waals surface area contributed by atoms with Crippen LogP contribution in [0.2, 0.25) is 0 Å². The lowest BCUT2D eigenvalue weighted by Crippen LogP contribution is -2.25. The van der Waals surface area contributed by atoms with Gasteiger partial charge in [-0.1, -0.05) is 37.3 Å². The summed E-state index contributed by atoms with van der Waals surface area (Å²) in [5, 5.41) is 0. The number of rotatable bonds is 5. The van der Waals surface area contributed by atoms with Crippen LogP contribution < -0.4 is 0 Å². The molecule has 0 bridgehead atoms. The highest BCUT2D eigenvalue weighted by molar-refractivity contribution is 7.89. The van der Waals surface area contributed by atoms with Gasteiger partial charge >= 0.3 is 0 Å². The van der Waals surface area contributed by atoms with E-state index in [-0.39, 0.29) is 0 Å². The fourth-order valence-corrected chi connectivity index (χ4v) is 4.51. The van der Waals surface area contributed by atoms with Gasteiger partial charge in [0.05, 0.1) is 5.75 Å². The Labute approximate surface area is 110 Å². The molecule has 1 aliphatic heterocycles. The Morgan fingerprint density at radius 2 is 2.00 bits per heavy atom. The second-order valence-electron chi connectivity index (χ2n) is 4.97. The normalized spacial score (nSPS) is 23.3. The lowest BCUT2D eigenvalue weighted by atomic mass is 10.0. The fraction of sp³-hybridized carbons (Fsp3) is 0.571. The summed E-state index contributed by atoms with van der Waals surface area (Å²) in [5.74, 6) is 0.661. The molecule has 0 N–H and O–H groups in total. The Hall–Kier alpha value is -0.870. The van der Waals surface area contributed by atoms with Gasteiger partial charge in [0.1, 0.15) is 0 Å². The van der Waals surface area contributed by atoms with Gasteiger partial charge in [-0.05, 0) is 30.7 Å². The smallest absolute Gasteiger partial charge is 0.212 e. The molecule has 0 saturated carbocycles. The van der Waals surface area contributed by atoms with Crippen LogP contribution in [0.15, 0.2) is 30.3 Å². The van der Waals surface area contributed by atoms with Crippen LogP contribution in [0.4, 0.5) is 0 Å². The van der Waals surface area contributed by atoms with Crippen LogP contribution in [0.1, 0.15) is 25.3 Å². The van der Waals surface area contributed by atoms with E-state index in [1.54, 1.807) is 4.31 Å². The van der Waals surface area contributed by atoms with E-state index in [1.807, 2.05) is 25.1 Å². The monoisotopic (exact) mass is 267 g/mol. The molecule has 1 aromatic rings. The first-order valence-corrected chi connectivity index (χ1v) is 8.24. The Bertz CT molecular complexity index is 470. The molecule has 0 aliphatic carbocycles. The molecule has 0 amide bonds. The number of hydrogen-bond donors (Lipinski definition) is 0. The zero-order valence-corrected chi connectivity index (χ0v) is 11.7. The predicted octanol–water partition coefficient (Wildman–Crippen LogP) is 2.29. The van der Waals surface area contributed by atoms with E-state index < -0.39 is 10.0 Å². The Balaban J connectivity index is 1.79. The minimum atomic E-state index is -2.95. The van der Waals surface area contributed by atoms with Gasteiger partial charge in [-0.15, -0.1) is 0 Å². The molecule has 1 aliphatic rings. The van der Waals surface area contributed by atoms with Crippen molar-refractivity contribution in [1.29, 1.82) is 0 Å². The Morgan fingerprint density at radius 1 is 1.28 bits per heavy atom. The first-order valence-electron chi connectivity index (χ1n) is 6.63. The number of nitrogens with zero attached hydrogens (tertiary/aromatic N) is 1. The average molecular weight is 267 g/mol. The maximum Gasteiger partial charge on any atom is 0.214 e. The molecular weight excluding hydrogens is 246 g/mol. The third-order valence-corrected chi connectivity index (χ3v) is 5.66. The SMILES string of the molecule is CCN1CC(CCCc2ccccc2)CS1(=O)=O. The predicted molar refractivity (Wildman–Crippen MR) is 73.9 cm³/mol. The van der Waals surface area contributed by atoms with E-state index in [9.17, 15) is 8.42 Å². The van der Waals surface area contributed by atoms with Crippen LogP contribution in [0.25, 0.3) is 0 Å². The van der Waals surface area contributed by atoms with Crippen molar-refractivity contribution in [3.05, 3.63) is 35.9 Å². The molecule has 1 heterocycles. The van der Waals surface area contributed by atoms with Crippen molar-refractivity contribution in [3.63, 3.8) is 0 Å². The number of sulfonamides is 1. The molecule has 18 heavy (non-hydrogen) atoms. The second kappa shape index (κ2) is 5.85. The molecule has 1 unspecified atom stereocenters. The summed E-state index contributed by atoms with van der Waals surface area (Å²) in [6.07, 6.45) is 3.12. The summed E-state index contributed by atoms with van der Waals surface area (Å²) in [7, 11) is -2.95.